The summed E-state index contributed by atoms with van der Waals surface area (Å²) in [7, 11) is 0. The molecule has 0 saturated carbocycles. The van der Waals surface area contributed by atoms with Gasteiger partial charge in [0.2, 0.25) is 0 Å². The molecule has 0 saturated heterocycles. The number of nitrogens with one attached hydrogen (secondary N) is 1. The number of carbonyl (C=O) groups is 1. The van der Waals surface area contributed by atoms with Gasteiger partial charge in [-0.2, -0.15) is 0 Å². The summed E-state index contributed by atoms with van der Waals surface area (Å²) >= 11 is 1.43. The van der Waals surface area contributed by atoms with E-state index in [-0.39, 0.29) is 5.91 Å². The molecule has 4 nitrogen and oxygen atoms in total. The number of imidazole rings is 1. The Kier molecular flexibility index (Phi) is 3.63. The van der Waals surface area contributed by atoms with E-state index in [1.54, 1.807) is 0 Å². The molecule has 0 radical (unpaired) electrons. The van der Waals surface area contributed by atoms with Crippen molar-refractivity contribution in [1.82, 2.24) is 9.38 Å². The highest BCUT2D eigenvalue weighted by Crippen LogP contribution is 2.28. The van der Waals surface area contributed by atoms with E-state index in [1.165, 1.54) is 11.3 Å². The predicted molar refractivity (Wildman–Crippen MR) is 97.6 cm³/mol. The largest absolute Gasteiger partial charge is 0.321 e. The molecule has 3 aromatic heterocycles. The van der Waals surface area contributed by atoms with E-state index in [9.17, 15) is 4.79 Å². The number of pyridine rings is 1. The van der Waals surface area contributed by atoms with Crippen molar-refractivity contribution in [2.45, 2.75) is 6.92 Å². The van der Waals surface area contributed by atoms with Gasteiger partial charge in [-0.3, -0.25) is 4.79 Å². The van der Waals surface area contributed by atoms with Crippen molar-refractivity contribution >= 4 is 28.6 Å². The van der Waals surface area contributed by atoms with Crippen LogP contribution in [-0.4, -0.2) is 15.3 Å². The standard InChI is InChI=1S/C19H15N3OS/c1-13-6-4-10-22-12-16(20-18(13)22)14-7-2-3-8-15(14)21-19(23)17-9-5-11-24-17/h2-12H,1H3,(H,21,23). The van der Waals surface area contributed by atoms with E-state index in [1.807, 2.05) is 77.6 Å². The van der Waals surface area contributed by atoms with Gasteiger partial charge in [-0.15, -0.1) is 11.3 Å². The fourth-order valence-electron chi connectivity index (χ4n) is 2.69. The highest BCUT2D eigenvalue weighted by atomic mass is 32.1. The van der Waals surface area contributed by atoms with E-state index < -0.39 is 0 Å². The number of aryl methyl sites for hydroxylation is 1. The molecule has 1 aromatic carbocycles. The smallest absolute Gasteiger partial charge is 0.265 e. The molecule has 0 unspecified atom stereocenters. The predicted octanol–water partition coefficient (Wildman–Crippen LogP) is 4.62. The van der Waals surface area contributed by atoms with Crippen molar-refractivity contribution < 1.29 is 4.79 Å². The van der Waals surface area contributed by atoms with Gasteiger partial charge >= 0.3 is 0 Å². The highest BCUT2D eigenvalue weighted by molar-refractivity contribution is 7.12. The third-order valence-corrected chi connectivity index (χ3v) is 4.74. The number of hydrogen-bond acceptors (Lipinski definition) is 3. The average Bonchev–Trinajstić information content (AvgIpc) is 3.26. The monoisotopic (exact) mass is 333 g/mol. The SMILES string of the molecule is Cc1cccn2cc(-c3ccccc3NC(=O)c3cccs3)nc12. The molecular formula is C19H15N3OS. The Balaban J connectivity index is 1.75. The van der Waals surface area contributed by atoms with Crippen molar-refractivity contribution in [3.05, 3.63) is 76.7 Å². The van der Waals surface area contributed by atoms with Crippen molar-refractivity contribution in [3.63, 3.8) is 0 Å². The number of benzene rings is 1. The Labute approximate surface area is 143 Å². The van der Waals surface area contributed by atoms with Gasteiger partial charge in [-0.05, 0) is 36.1 Å². The van der Waals surface area contributed by atoms with Crippen LogP contribution in [-0.2, 0) is 0 Å². The Morgan fingerprint density at radius 2 is 2.00 bits per heavy atom. The zero-order chi connectivity index (χ0) is 16.5. The first kappa shape index (κ1) is 14.7. The van der Waals surface area contributed by atoms with Crippen LogP contribution < -0.4 is 5.32 Å². The molecule has 0 aliphatic carbocycles. The molecule has 0 aliphatic heterocycles. The maximum atomic E-state index is 12.4. The Morgan fingerprint density at radius 1 is 1.12 bits per heavy atom. The van der Waals surface area contributed by atoms with Crippen LogP contribution in [0.3, 0.4) is 0 Å². The number of thiophene rings is 1. The minimum Gasteiger partial charge on any atom is -0.321 e. The fraction of sp³-hybridized carbons (Fsp3) is 0.0526. The summed E-state index contributed by atoms with van der Waals surface area (Å²) < 4.78 is 2.00. The number of aromatic nitrogens is 2. The molecule has 3 heterocycles. The number of carbonyl (C=O) groups excluding carboxylic acids is 1. The fourth-order valence-corrected chi connectivity index (χ4v) is 3.31. The van der Waals surface area contributed by atoms with Crippen LogP contribution in [0, 0.1) is 6.92 Å². The van der Waals surface area contributed by atoms with Gasteiger partial charge in [-0.1, -0.05) is 30.3 Å². The van der Waals surface area contributed by atoms with Crippen molar-refractivity contribution in [2.75, 3.05) is 5.32 Å². The van der Waals surface area contributed by atoms with Gasteiger partial charge in [0.25, 0.3) is 5.91 Å². The Hall–Kier alpha value is -2.92. The summed E-state index contributed by atoms with van der Waals surface area (Å²) in [5.74, 6) is -0.0996. The first-order chi connectivity index (χ1) is 11.7. The number of anilines is 1. The summed E-state index contributed by atoms with van der Waals surface area (Å²) in [6.45, 7) is 2.04. The first-order valence-corrected chi connectivity index (χ1v) is 8.49. The molecule has 0 aliphatic rings. The number of rotatable bonds is 3. The molecule has 24 heavy (non-hydrogen) atoms. The van der Waals surface area contributed by atoms with Crippen LogP contribution in [0.15, 0.2) is 66.3 Å². The van der Waals surface area contributed by atoms with Gasteiger partial charge in [0.15, 0.2) is 0 Å². The lowest BCUT2D eigenvalue weighted by molar-refractivity contribution is 0.103. The number of para-hydroxylation sites is 1. The second-order valence-corrected chi connectivity index (χ2v) is 6.47. The van der Waals surface area contributed by atoms with Gasteiger partial charge in [-0.25, -0.2) is 4.98 Å². The molecule has 1 amide bonds. The quantitative estimate of drug-likeness (QED) is 0.594. The summed E-state index contributed by atoms with van der Waals surface area (Å²) in [5.41, 5.74) is 4.55. The summed E-state index contributed by atoms with van der Waals surface area (Å²) in [5, 5.41) is 4.89. The summed E-state index contributed by atoms with van der Waals surface area (Å²) in [6.07, 6.45) is 3.96. The van der Waals surface area contributed by atoms with Gasteiger partial charge in [0, 0.05) is 18.0 Å². The summed E-state index contributed by atoms with van der Waals surface area (Å²) in [4.78, 5) is 17.8. The van der Waals surface area contributed by atoms with E-state index in [2.05, 4.69) is 5.32 Å². The van der Waals surface area contributed by atoms with Gasteiger partial charge in [0.05, 0.1) is 16.3 Å². The maximum absolute atomic E-state index is 12.4. The third kappa shape index (κ3) is 2.59. The van der Waals surface area contributed by atoms with Crippen LogP contribution in [0.5, 0.6) is 0 Å². The second kappa shape index (κ2) is 5.94. The summed E-state index contributed by atoms with van der Waals surface area (Å²) in [6, 6.07) is 15.5. The lowest BCUT2D eigenvalue weighted by atomic mass is 10.1. The minimum atomic E-state index is -0.0996. The molecule has 4 aromatic rings. The highest BCUT2D eigenvalue weighted by Gasteiger charge is 2.13. The third-order valence-electron chi connectivity index (χ3n) is 3.87. The second-order valence-electron chi connectivity index (χ2n) is 5.53. The molecule has 0 atom stereocenters. The van der Waals surface area contributed by atoms with E-state index in [0.717, 1.165) is 28.2 Å². The van der Waals surface area contributed by atoms with E-state index >= 15 is 0 Å². The number of amides is 1. The van der Waals surface area contributed by atoms with Crippen LogP contribution in [0.1, 0.15) is 15.2 Å². The lowest BCUT2D eigenvalue weighted by Gasteiger charge is -2.08. The van der Waals surface area contributed by atoms with Crippen molar-refractivity contribution in [1.29, 1.82) is 0 Å². The Bertz CT molecular complexity index is 1020. The van der Waals surface area contributed by atoms with Gasteiger partial charge < -0.3 is 9.72 Å². The first-order valence-electron chi connectivity index (χ1n) is 7.61. The zero-order valence-corrected chi connectivity index (χ0v) is 13.9. The molecule has 0 bridgehead atoms. The average molecular weight is 333 g/mol. The van der Waals surface area contributed by atoms with Crippen LogP contribution in [0.25, 0.3) is 16.9 Å². The minimum absolute atomic E-state index is 0.0996. The molecule has 0 fully saturated rings. The number of fused-ring (bicyclic) bond motifs is 1. The van der Waals surface area contributed by atoms with Crippen LogP contribution >= 0.6 is 11.3 Å². The van der Waals surface area contributed by atoms with Crippen LogP contribution in [0.4, 0.5) is 5.69 Å². The lowest BCUT2D eigenvalue weighted by Crippen LogP contribution is -2.10. The molecule has 0 spiro atoms. The molecule has 1 N–H and O–H groups in total. The van der Waals surface area contributed by atoms with Crippen molar-refractivity contribution in [2.24, 2.45) is 0 Å². The molecular weight excluding hydrogens is 318 g/mol. The topological polar surface area (TPSA) is 46.4 Å². The Morgan fingerprint density at radius 3 is 2.79 bits per heavy atom. The number of hydrogen-bond donors (Lipinski definition) is 1. The van der Waals surface area contributed by atoms with E-state index in [0.29, 0.717) is 4.88 Å². The zero-order valence-electron chi connectivity index (χ0n) is 13.1. The van der Waals surface area contributed by atoms with Crippen LogP contribution in [0.2, 0.25) is 0 Å². The molecule has 4 rings (SSSR count). The number of nitrogens with zero attached hydrogens (tertiary/aromatic N) is 2. The molecule has 5 heteroatoms. The van der Waals surface area contributed by atoms with Gasteiger partial charge in [0.1, 0.15) is 5.65 Å². The van der Waals surface area contributed by atoms with Crippen molar-refractivity contribution in [3.8, 4) is 11.3 Å². The molecule has 118 valence electrons. The maximum Gasteiger partial charge on any atom is 0.265 e. The normalized spacial score (nSPS) is 10.9. The van der Waals surface area contributed by atoms with E-state index in [4.69, 9.17) is 4.98 Å².